The summed E-state index contributed by atoms with van der Waals surface area (Å²) >= 11 is 1.68. The van der Waals surface area contributed by atoms with E-state index in [1.807, 2.05) is 0 Å². The smallest absolute Gasteiger partial charge is 0.315 e. The maximum absolute atomic E-state index is 10.8. The van der Waals surface area contributed by atoms with Crippen molar-refractivity contribution in [2.45, 2.75) is 12.8 Å². The van der Waals surface area contributed by atoms with Gasteiger partial charge >= 0.3 is 5.97 Å². The first kappa shape index (κ1) is 14.1. The van der Waals surface area contributed by atoms with E-state index in [0.717, 1.165) is 24.8 Å². The summed E-state index contributed by atoms with van der Waals surface area (Å²) in [6.45, 7) is 2.26. The summed E-state index contributed by atoms with van der Waals surface area (Å²) in [5.74, 6) is 2.19. The highest BCUT2D eigenvalue weighted by atomic mass is 35.5. The van der Waals surface area contributed by atoms with Gasteiger partial charge in [-0.25, -0.2) is 0 Å². The summed E-state index contributed by atoms with van der Waals surface area (Å²) < 4.78 is 4.56. The van der Waals surface area contributed by atoms with E-state index < -0.39 is 0 Å². The first-order chi connectivity index (χ1) is 6.33. The molecule has 1 atom stereocenters. The third-order valence-corrected chi connectivity index (χ3v) is 3.35. The van der Waals surface area contributed by atoms with Gasteiger partial charge in [0.1, 0.15) is 0 Å². The maximum atomic E-state index is 10.8. The van der Waals surface area contributed by atoms with Gasteiger partial charge in [0.15, 0.2) is 0 Å². The zero-order valence-corrected chi connectivity index (χ0v) is 10.1. The third kappa shape index (κ3) is 5.73. The van der Waals surface area contributed by atoms with Crippen LogP contribution in [0.2, 0.25) is 0 Å². The lowest BCUT2D eigenvalue weighted by Crippen LogP contribution is -2.31. The van der Waals surface area contributed by atoms with E-state index in [2.05, 4.69) is 10.1 Å². The highest BCUT2D eigenvalue weighted by molar-refractivity contribution is 7.99. The zero-order chi connectivity index (χ0) is 9.52. The van der Waals surface area contributed by atoms with Gasteiger partial charge in [-0.2, -0.15) is 0 Å². The number of hydrogen-bond donors (Lipinski definition) is 1. The molecule has 1 fully saturated rings. The molecule has 0 aromatic carbocycles. The van der Waals surface area contributed by atoms with Gasteiger partial charge in [0.2, 0.25) is 0 Å². The number of esters is 1. The fourth-order valence-electron chi connectivity index (χ4n) is 1.43. The summed E-state index contributed by atoms with van der Waals surface area (Å²) in [6, 6.07) is 0. The molecular weight excluding hydrogens is 222 g/mol. The molecule has 0 amide bonds. The van der Waals surface area contributed by atoms with E-state index in [1.165, 1.54) is 20.0 Å². The van der Waals surface area contributed by atoms with Gasteiger partial charge in [0.05, 0.1) is 12.9 Å². The molecule has 0 aromatic rings. The quantitative estimate of drug-likeness (QED) is 0.751. The normalized spacial score (nSPS) is 21.1. The summed E-state index contributed by atoms with van der Waals surface area (Å²) in [5.41, 5.74) is 0. The van der Waals surface area contributed by atoms with Crippen molar-refractivity contribution in [2.75, 3.05) is 31.7 Å². The van der Waals surface area contributed by atoms with Crippen LogP contribution in [0.25, 0.3) is 0 Å². The molecule has 14 heavy (non-hydrogen) atoms. The Balaban J connectivity index is 0.00000169. The molecular formula is C9H18ClNO2S. The first-order valence-corrected chi connectivity index (χ1v) is 5.83. The second kappa shape index (κ2) is 8.38. The monoisotopic (exact) mass is 239 g/mol. The Hall–Kier alpha value is 0.0700. The van der Waals surface area contributed by atoms with Gasteiger partial charge in [0.25, 0.3) is 0 Å². The number of carbonyl (C=O) groups excluding carboxylic acids is 1. The molecule has 1 heterocycles. The number of carbonyl (C=O) groups is 1. The molecule has 0 bridgehead atoms. The third-order valence-electron chi connectivity index (χ3n) is 2.20. The fourth-order valence-corrected chi connectivity index (χ4v) is 2.45. The van der Waals surface area contributed by atoms with Crippen molar-refractivity contribution in [3.05, 3.63) is 0 Å². The van der Waals surface area contributed by atoms with Crippen LogP contribution in [0.1, 0.15) is 12.8 Å². The number of thioether (sulfide) groups is 1. The van der Waals surface area contributed by atoms with Gasteiger partial charge in [0, 0.05) is 0 Å². The lowest BCUT2D eigenvalue weighted by molar-refractivity contribution is -0.137. The summed E-state index contributed by atoms with van der Waals surface area (Å²) in [5, 5.41) is 3.36. The second-order valence-corrected chi connectivity index (χ2v) is 4.33. The highest BCUT2D eigenvalue weighted by Gasteiger charge is 2.13. The lowest BCUT2D eigenvalue weighted by Gasteiger charge is -2.21. The Morgan fingerprint density at radius 1 is 1.64 bits per heavy atom. The van der Waals surface area contributed by atoms with Crippen LogP contribution in [0, 0.1) is 5.92 Å². The van der Waals surface area contributed by atoms with Gasteiger partial charge in [-0.05, 0) is 37.6 Å². The zero-order valence-electron chi connectivity index (χ0n) is 8.45. The van der Waals surface area contributed by atoms with Crippen LogP contribution in [0.5, 0.6) is 0 Å². The molecule has 3 nitrogen and oxygen atoms in total. The number of nitrogens with one attached hydrogen (secondary N) is 1. The van der Waals surface area contributed by atoms with Crippen molar-refractivity contribution in [3.8, 4) is 0 Å². The van der Waals surface area contributed by atoms with Crippen molar-refractivity contribution in [1.29, 1.82) is 0 Å². The Morgan fingerprint density at radius 2 is 2.43 bits per heavy atom. The number of methoxy groups -OCH3 is 1. The van der Waals surface area contributed by atoms with Gasteiger partial charge in [-0.3, -0.25) is 4.79 Å². The molecule has 1 saturated heterocycles. The highest BCUT2D eigenvalue weighted by Crippen LogP contribution is 2.16. The Kier molecular flexibility index (Phi) is 8.43. The minimum atomic E-state index is -0.117. The standard InChI is InChI=1S/C9H17NO2S.ClH/c1-12-9(11)7-13-6-8-3-2-4-10-5-8;/h8,10H,2-7H2,1H3;1H. The molecule has 0 saturated carbocycles. The van der Waals surface area contributed by atoms with Crippen molar-refractivity contribution in [2.24, 2.45) is 5.92 Å². The summed E-state index contributed by atoms with van der Waals surface area (Å²) in [6.07, 6.45) is 2.56. The molecule has 5 heteroatoms. The van der Waals surface area contributed by atoms with Crippen molar-refractivity contribution < 1.29 is 9.53 Å². The largest absolute Gasteiger partial charge is 0.468 e. The van der Waals surface area contributed by atoms with Gasteiger partial charge in [-0.1, -0.05) is 0 Å². The van der Waals surface area contributed by atoms with Crippen LogP contribution in [0.15, 0.2) is 0 Å². The second-order valence-electron chi connectivity index (χ2n) is 3.30. The van der Waals surface area contributed by atoms with Crippen LogP contribution in [-0.2, 0) is 9.53 Å². The van der Waals surface area contributed by atoms with Gasteiger partial charge in [-0.15, -0.1) is 24.2 Å². The van der Waals surface area contributed by atoms with E-state index in [1.54, 1.807) is 11.8 Å². The van der Waals surface area contributed by atoms with E-state index >= 15 is 0 Å². The minimum absolute atomic E-state index is 0. The molecule has 1 unspecified atom stereocenters. The van der Waals surface area contributed by atoms with Crippen LogP contribution in [0.3, 0.4) is 0 Å². The molecule has 1 N–H and O–H groups in total. The average molecular weight is 240 g/mol. The molecule has 1 aliphatic rings. The van der Waals surface area contributed by atoms with Crippen molar-refractivity contribution in [3.63, 3.8) is 0 Å². The minimum Gasteiger partial charge on any atom is -0.468 e. The maximum Gasteiger partial charge on any atom is 0.315 e. The van der Waals surface area contributed by atoms with Crippen molar-refractivity contribution >= 4 is 30.1 Å². The first-order valence-electron chi connectivity index (χ1n) is 4.68. The van der Waals surface area contributed by atoms with E-state index in [9.17, 15) is 4.79 Å². The number of halogens is 1. The number of piperidine rings is 1. The Bertz CT molecular complexity index is 163. The fraction of sp³-hybridized carbons (Fsp3) is 0.889. The average Bonchev–Trinajstić information content (AvgIpc) is 2.19. The van der Waals surface area contributed by atoms with Crippen LogP contribution >= 0.6 is 24.2 Å². The van der Waals surface area contributed by atoms with Crippen LogP contribution in [0.4, 0.5) is 0 Å². The van der Waals surface area contributed by atoms with E-state index in [4.69, 9.17) is 0 Å². The molecule has 0 radical (unpaired) electrons. The molecule has 0 aliphatic carbocycles. The Morgan fingerprint density at radius 3 is 3.00 bits per heavy atom. The molecule has 1 rings (SSSR count). The summed E-state index contributed by atoms with van der Waals surface area (Å²) in [7, 11) is 1.44. The summed E-state index contributed by atoms with van der Waals surface area (Å²) in [4.78, 5) is 10.8. The topological polar surface area (TPSA) is 38.3 Å². The van der Waals surface area contributed by atoms with Crippen LogP contribution < -0.4 is 5.32 Å². The molecule has 1 aliphatic heterocycles. The lowest BCUT2D eigenvalue weighted by atomic mass is 10.0. The Labute approximate surface area is 95.8 Å². The van der Waals surface area contributed by atoms with Crippen LogP contribution in [-0.4, -0.2) is 37.7 Å². The SMILES string of the molecule is COC(=O)CSCC1CCCNC1.Cl. The predicted octanol–water partition coefficient (Wildman–Crippen LogP) is 1.31. The predicted molar refractivity (Wildman–Crippen MR) is 62.2 cm³/mol. The number of hydrogen-bond acceptors (Lipinski definition) is 4. The van der Waals surface area contributed by atoms with E-state index in [-0.39, 0.29) is 18.4 Å². The molecule has 84 valence electrons. The van der Waals surface area contributed by atoms with E-state index in [0.29, 0.717) is 5.75 Å². The number of rotatable bonds is 4. The molecule has 0 spiro atoms. The van der Waals surface area contributed by atoms with Crippen molar-refractivity contribution in [1.82, 2.24) is 5.32 Å². The number of ether oxygens (including phenoxy) is 1. The molecule has 0 aromatic heterocycles. The van der Waals surface area contributed by atoms with Gasteiger partial charge < -0.3 is 10.1 Å².